The van der Waals surface area contributed by atoms with Gasteiger partial charge in [0.1, 0.15) is 0 Å². The molecule has 0 amide bonds. The third kappa shape index (κ3) is 1.86. The van der Waals surface area contributed by atoms with E-state index in [0.29, 0.717) is 5.76 Å². The van der Waals surface area contributed by atoms with Crippen molar-refractivity contribution >= 4 is 24.9 Å². The van der Waals surface area contributed by atoms with Gasteiger partial charge in [-0.3, -0.25) is 4.79 Å². The lowest BCUT2D eigenvalue weighted by Crippen LogP contribution is -2.52. The highest BCUT2D eigenvalue weighted by atomic mass is 28.3. The Morgan fingerprint density at radius 1 is 1.06 bits per heavy atom. The molecule has 2 aromatic rings. The number of carbonyl (C=O) groups is 1. The topological polar surface area (TPSA) is 30.2 Å². The van der Waals surface area contributed by atoms with Crippen molar-refractivity contribution in [2.45, 2.75) is 13.1 Å². The monoisotopic (exact) mass is 230 g/mol. The zero-order valence-corrected chi connectivity index (χ0v) is 10.4. The molecule has 0 aliphatic heterocycles. The Labute approximate surface area is 95.9 Å². The maximum Gasteiger partial charge on any atom is 0.185 e. The molecule has 1 aromatic heterocycles. The van der Waals surface area contributed by atoms with Gasteiger partial charge in [0.2, 0.25) is 0 Å². The highest BCUT2D eigenvalue weighted by Crippen LogP contribution is 2.07. The van der Waals surface area contributed by atoms with E-state index in [1.807, 2.05) is 24.3 Å². The number of furan rings is 1. The van der Waals surface area contributed by atoms with E-state index in [1.165, 1.54) is 5.19 Å². The predicted octanol–water partition coefficient (Wildman–Crippen LogP) is 1.91. The van der Waals surface area contributed by atoms with Gasteiger partial charge in [-0.15, -0.1) is 0 Å². The predicted molar refractivity (Wildman–Crippen MR) is 67.3 cm³/mol. The van der Waals surface area contributed by atoms with Crippen LogP contribution in [0.4, 0.5) is 0 Å². The number of carbonyl (C=O) groups excluding carboxylic acids is 1. The molecule has 1 heterocycles. The van der Waals surface area contributed by atoms with Crippen LogP contribution in [0.1, 0.15) is 10.6 Å². The summed E-state index contributed by atoms with van der Waals surface area (Å²) < 4.78 is 5.55. The molecule has 1 aromatic carbocycles. The zero-order valence-electron chi connectivity index (χ0n) is 9.44. The summed E-state index contributed by atoms with van der Waals surface area (Å²) >= 11 is 0. The summed E-state index contributed by atoms with van der Waals surface area (Å²) in [4.78, 5) is 10.6. The molecular formula is C13H14O2Si. The van der Waals surface area contributed by atoms with Gasteiger partial charge in [-0.25, -0.2) is 0 Å². The first-order valence-corrected chi connectivity index (χ1v) is 8.25. The standard InChI is InChI=1S/C13H14O2Si/c1-16(2,12-6-4-3-5-7-12)13-9-8-11(10-14)15-13/h3-10H,1-2H3. The molecule has 0 saturated heterocycles. The van der Waals surface area contributed by atoms with Gasteiger partial charge in [-0.2, -0.15) is 0 Å². The summed E-state index contributed by atoms with van der Waals surface area (Å²) in [6.07, 6.45) is 0.749. The molecule has 0 fully saturated rings. The van der Waals surface area contributed by atoms with Crippen LogP contribution in [0.2, 0.25) is 13.1 Å². The Morgan fingerprint density at radius 2 is 1.75 bits per heavy atom. The van der Waals surface area contributed by atoms with Crippen molar-refractivity contribution in [3.63, 3.8) is 0 Å². The van der Waals surface area contributed by atoms with E-state index >= 15 is 0 Å². The Kier molecular flexibility index (Phi) is 2.79. The minimum Gasteiger partial charge on any atom is -0.463 e. The number of benzene rings is 1. The van der Waals surface area contributed by atoms with Gasteiger partial charge >= 0.3 is 0 Å². The molecule has 2 nitrogen and oxygen atoms in total. The summed E-state index contributed by atoms with van der Waals surface area (Å²) in [5, 5.41) is 2.25. The minimum atomic E-state index is -1.78. The second kappa shape index (κ2) is 4.10. The van der Waals surface area contributed by atoms with E-state index < -0.39 is 8.07 Å². The van der Waals surface area contributed by atoms with E-state index in [-0.39, 0.29) is 0 Å². The molecule has 0 atom stereocenters. The van der Waals surface area contributed by atoms with Gasteiger partial charge < -0.3 is 4.42 Å². The molecule has 0 spiro atoms. The molecule has 0 aliphatic carbocycles. The van der Waals surface area contributed by atoms with E-state index in [2.05, 4.69) is 25.2 Å². The van der Waals surface area contributed by atoms with E-state index in [0.717, 1.165) is 11.7 Å². The lowest BCUT2D eigenvalue weighted by molar-refractivity contribution is 0.110. The fourth-order valence-corrected chi connectivity index (χ4v) is 3.93. The Hall–Kier alpha value is -1.61. The first kappa shape index (κ1) is 10.9. The van der Waals surface area contributed by atoms with Gasteiger partial charge in [0.25, 0.3) is 0 Å². The van der Waals surface area contributed by atoms with Crippen LogP contribution < -0.4 is 10.6 Å². The average molecular weight is 230 g/mol. The number of rotatable bonds is 3. The molecule has 0 radical (unpaired) electrons. The molecular weight excluding hydrogens is 216 g/mol. The number of hydrogen-bond acceptors (Lipinski definition) is 2. The van der Waals surface area contributed by atoms with Gasteiger partial charge in [0.15, 0.2) is 20.1 Å². The molecule has 0 unspecified atom stereocenters. The molecule has 0 aliphatic rings. The van der Waals surface area contributed by atoms with Gasteiger partial charge in [-0.1, -0.05) is 48.6 Å². The second-order valence-corrected chi connectivity index (χ2v) is 8.63. The largest absolute Gasteiger partial charge is 0.463 e. The van der Waals surface area contributed by atoms with Crippen LogP contribution in [-0.2, 0) is 0 Å². The summed E-state index contributed by atoms with van der Waals surface area (Å²) in [5.74, 6) is 0.409. The van der Waals surface area contributed by atoms with Crippen molar-refractivity contribution in [1.29, 1.82) is 0 Å². The number of hydrogen-bond donors (Lipinski definition) is 0. The van der Waals surface area contributed by atoms with Crippen LogP contribution in [0.15, 0.2) is 46.9 Å². The SMILES string of the molecule is C[Si](C)(c1ccccc1)c1ccc(C=O)o1. The first-order chi connectivity index (χ1) is 7.64. The molecule has 82 valence electrons. The third-order valence-electron chi connectivity index (χ3n) is 2.85. The normalized spacial score (nSPS) is 11.4. The third-order valence-corrected chi connectivity index (χ3v) is 6.13. The second-order valence-electron chi connectivity index (χ2n) is 4.31. The van der Waals surface area contributed by atoms with Crippen molar-refractivity contribution in [2.24, 2.45) is 0 Å². The maximum atomic E-state index is 10.6. The summed E-state index contributed by atoms with van der Waals surface area (Å²) in [6, 6.07) is 14.0. The molecule has 3 heteroatoms. The smallest absolute Gasteiger partial charge is 0.185 e. The molecule has 16 heavy (non-hydrogen) atoms. The van der Waals surface area contributed by atoms with Crippen LogP contribution >= 0.6 is 0 Å². The van der Waals surface area contributed by atoms with Crippen molar-refractivity contribution in [1.82, 2.24) is 0 Å². The summed E-state index contributed by atoms with van der Waals surface area (Å²) in [7, 11) is -1.78. The quantitative estimate of drug-likeness (QED) is 0.595. The van der Waals surface area contributed by atoms with E-state index in [9.17, 15) is 4.79 Å². The van der Waals surface area contributed by atoms with Crippen molar-refractivity contribution < 1.29 is 9.21 Å². The van der Waals surface area contributed by atoms with Crippen LogP contribution in [-0.4, -0.2) is 14.4 Å². The highest BCUT2D eigenvalue weighted by Gasteiger charge is 2.29. The van der Waals surface area contributed by atoms with Gasteiger partial charge in [-0.05, 0) is 12.1 Å². The maximum absolute atomic E-state index is 10.6. The highest BCUT2D eigenvalue weighted by molar-refractivity contribution is 6.99. The van der Waals surface area contributed by atoms with Crippen LogP contribution in [0.5, 0.6) is 0 Å². The first-order valence-electron chi connectivity index (χ1n) is 5.25. The molecule has 0 N–H and O–H groups in total. The Balaban J connectivity index is 2.42. The van der Waals surface area contributed by atoms with E-state index in [4.69, 9.17) is 4.42 Å². The summed E-state index contributed by atoms with van der Waals surface area (Å²) in [6.45, 7) is 4.44. The van der Waals surface area contributed by atoms with E-state index in [1.54, 1.807) is 6.07 Å². The van der Waals surface area contributed by atoms with Gasteiger partial charge in [0, 0.05) is 0 Å². The molecule has 0 bridgehead atoms. The number of aldehydes is 1. The molecule has 2 rings (SSSR count). The fourth-order valence-electron chi connectivity index (χ4n) is 1.75. The lowest BCUT2D eigenvalue weighted by atomic mass is 10.4. The average Bonchev–Trinajstić information content (AvgIpc) is 2.79. The lowest BCUT2D eigenvalue weighted by Gasteiger charge is -2.19. The fraction of sp³-hybridized carbons (Fsp3) is 0.154. The Morgan fingerprint density at radius 3 is 2.31 bits per heavy atom. The van der Waals surface area contributed by atoms with Crippen LogP contribution in [0.3, 0.4) is 0 Å². The molecule has 0 saturated carbocycles. The van der Waals surface area contributed by atoms with Crippen LogP contribution in [0, 0.1) is 0 Å². The van der Waals surface area contributed by atoms with Crippen molar-refractivity contribution in [2.75, 3.05) is 0 Å². The van der Waals surface area contributed by atoms with Crippen LogP contribution in [0.25, 0.3) is 0 Å². The summed E-state index contributed by atoms with van der Waals surface area (Å²) in [5.41, 5.74) is 0. The van der Waals surface area contributed by atoms with Crippen molar-refractivity contribution in [3.8, 4) is 0 Å². The zero-order chi connectivity index (χ0) is 11.6. The van der Waals surface area contributed by atoms with Gasteiger partial charge in [0.05, 0.1) is 5.38 Å². The Bertz CT molecular complexity index is 486. The minimum absolute atomic E-state index is 0.409. The van der Waals surface area contributed by atoms with Crippen molar-refractivity contribution in [3.05, 3.63) is 48.2 Å².